The number of alkyl halides is 1. The molecule has 0 fully saturated rings. The van der Waals surface area contributed by atoms with Crippen molar-refractivity contribution in [1.82, 2.24) is 4.98 Å². The van der Waals surface area contributed by atoms with Crippen LogP contribution in [0.15, 0.2) is 59.6 Å². The zero-order chi connectivity index (χ0) is 19.7. The summed E-state index contributed by atoms with van der Waals surface area (Å²) in [4.78, 5) is 15.1. The van der Waals surface area contributed by atoms with E-state index >= 15 is 0 Å². The lowest BCUT2D eigenvalue weighted by Crippen LogP contribution is -2.32. The predicted molar refractivity (Wildman–Crippen MR) is 104 cm³/mol. The third kappa shape index (κ3) is 4.11. The zero-order valence-corrected chi connectivity index (χ0v) is 15.7. The van der Waals surface area contributed by atoms with E-state index in [-0.39, 0.29) is 4.90 Å². The fourth-order valence-electron chi connectivity index (χ4n) is 2.40. The quantitative estimate of drug-likeness (QED) is 0.597. The van der Waals surface area contributed by atoms with Crippen molar-refractivity contribution in [3.8, 4) is 0 Å². The second-order valence-corrected chi connectivity index (χ2v) is 8.56. The lowest BCUT2D eigenvalue weighted by Gasteiger charge is -2.19. The Bertz CT molecular complexity index is 1070. The van der Waals surface area contributed by atoms with Crippen molar-refractivity contribution >= 4 is 38.2 Å². The fraction of sp³-hybridized carbons (Fsp3) is 0.211. The van der Waals surface area contributed by atoms with E-state index < -0.39 is 28.0 Å². The number of sulfonamides is 1. The number of halogens is 1. The minimum Gasteiger partial charge on any atom is -0.361 e. The molecule has 1 amide bonds. The maximum absolute atomic E-state index is 12.9. The number of amides is 1. The van der Waals surface area contributed by atoms with Gasteiger partial charge >= 0.3 is 0 Å². The number of hydrogen-bond donors (Lipinski definition) is 3. The molecule has 2 aromatic carbocycles. The molecule has 3 aromatic rings. The van der Waals surface area contributed by atoms with Crippen LogP contribution in [0.25, 0.3) is 10.9 Å². The molecule has 6 nitrogen and oxygen atoms in total. The Morgan fingerprint density at radius 3 is 2.41 bits per heavy atom. The average molecular weight is 389 g/mol. The van der Waals surface area contributed by atoms with Gasteiger partial charge in [-0.15, -0.1) is 0 Å². The Labute approximate surface area is 156 Å². The van der Waals surface area contributed by atoms with Crippen LogP contribution < -0.4 is 10.0 Å². The van der Waals surface area contributed by atoms with Crippen molar-refractivity contribution in [2.45, 2.75) is 18.7 Å². The monoisotopic (exact) mass is 389 g/mol. The van der Waals surface area contributed by atoms with Gasteiger partial charge in [-0.05, 0) is 62.4 Å². The Balaban J connectivity index is 1.74. The van der Waals surface area contributed by atoms with E-state index in [2.05, 4.69) is 15.0 Å². The molecule has 27 heavy (non-hydrogen) atoms. The first kappa shape index (κ1) is 18.9. The summed E-state index contributed by atoms with van der Waals surface area (Å²) in [6.45, 7) is 2.24. The van der Waals surface area contributed by atoms with Crippen LogP contribution in [-0.2, 0) is 14.8 Å². The largest absolute Gasteiger partial charge is 0.361 e. The molecule has 1 heterocycles. The first-order chi connectivity index (χ1) is 12.7. The Kier molecular flexibility index (Phi) is 4.93. The summed E-state index contributed by atoms with van der Waals surface area (Å²) in [7, 11) is -3.75. The molecule has 0 radical (unpaired) electrons. The van der Waals surface area contributed by atoms with Crippen molar-refractivity contribution in [2.75, 3.05) is 16.7 Å². The SMILES string of the molecule is CC(C)(CF)C(=O)Nc1ccc(NS(=O)(=O)c2ccc3[nH]ccc3c2)cc1. The number of fused-ring (bicyclic) bond motifs is 1. The van der Waals surface area contributed by atoms with E-state index in [0.29, 0.717) is 11.4 Å². The summed E-state index contributed by atoms with van der Waals surface area (Å²) in [6, 6.07) is 12.8. The molecule has 3 rings (SSSR count). The van der Waals surface area contributed by atoms with Crippen LogP contribution >= 0.6 is 0 Å². The van der Waals surface area contributed by atoms with Crippen LogP contribution in [0, 0.1) is 5.41 Å². The number of anilines is 2. The molecule has 0 bridgehead atoms. The highest BCUT2D eigenvalue weighted by molar-refractivity contribution is 7.92. The van der Waals surface area contributed by atoms with Gasteiger partial charge in [0.2, 0.25) is 5.91 Å². The highest BCUT2D eigenvalue weighted by Gasteiger charge is 2.27. The zero-order valence-electron chi connectivity index (χ0n) is 14.9. The van der Waals surface area contributed by atoms with Gasteiger partial charge in [0.05, 0.1) is 10.3 Å². The van der Waals surface area contributed by atoms with Gasteiger partial charge < -0.3 is 10.3 Å². The van der Waals surface area contributed by atoms with Gasteiger partial charge in [0.25, 0.3) is 10.0 Å². The molecule has 0 saturated carbocycles. The lowest BCUT2D eigenvalue weighted by atomic mass is 9.94. The van der Waals surface area contributed by atoms with Crippen LogP contribution in [0.5, 0.6) is 0 Å². The molecular formula is C19H20FN3O3S. The summed E-state index contributed by atoms with van der Waals surface area (Å²) in [5.74, 6) is -0.446. The number of carbonyl (C=O) groups excluding carboxylic acids is 1. The van der Waals surface area contributed by atoms with Gasteiger partial charge in [0.1, 0.15) is 6.67 Å². The summed E-state index contributed by atoms with van der Waals surface area (Å²) >= 11 is 0. The summed E-state index contributed by atoms with van der Waals surface area (Å²) in [5, 5.41) is 3.41. The number of H-pyrrole nitrogens is 1. The van der Waals surface area contributed by atoms with Crippen LogP contribution in [0.3, 0.4) is 0 Å². The van der Waals surface area contributed by atoms with E-state index in [4.69, 9.17) is 0 Å². The van der Waals surface area contributed by atoms with Crippen LogP contribution in [0.1, 0.15) is 13.8 Å². The molecule has 0 aliphatic rings. The van der Waals surface area contributed by atoms with Gasteiger partial charge in [-0.1, -0.05) is 0 Å². The number of rotatable bonds is 6. The van der Waals surface area contributed by atoms with Crippen molar-refractivity contribution in [3.63, 3.8) is 0 Å². The summed E-state index contributed by atoms with van der Waals surface area (Å²) < 4.78 is 40.5. The van der Waals surface area contributed by atoms with Crippen molar-refractivity contribution in [3.05, 3.63) is 54.7 Å². The molecule has 0 saturated heterocycles. The Hall–Kier alpha value is -2.87. The molecule has 1 aromatic heterocycles. The number of aromatic nitrogens is 1. The second kappa shape index (κ2) is 7.03. The van der Waals surface area contributed by atoms with Crippen molar-refractivity contribution in [1.29, 1.82) is 0 Å². The number of carbonyl (C=O) groups is 1. The predicted octanol–water partition coefficient (Wildman–Crippen LogP) is 3.90. The number of benzene rings is 2. The first-order valence-electron chi connectivity index (χ1n) is 8.29. The van der Waals surface area contributed by atoms with Crippen LogP contribution in [0.2, 0.25) is 0 Å². The summed E-state index contributed by atoms with van der Waals surface area (Å²) in [6.07, 6.45) is 1.74. The first-order valence-corrected chi connectivity index (χ1v) is 9.77. The van der Waals surface area contributed by atoms with Gasteiger partial charge in [0.15, 0.2) is 0 Å². The van der Waals surface area contributed by atoms with E-state index in [9.17, 15) is 17.6 Å². The number of aromatic amines is 1. The second-order valence-electron chi connectivity index (χ2n) is 6.88. The summed E-state index contributed by atoms with van der Waals surface area (Å²) in [5.41, 5.74) is 0.535. The maximum Gasteiger partial charge on any atom is 0.261 e. The topological polar surface area (TPSA) is 91.1 Å². The minimum atomic E-state index is -3.75. The van der Waals surface area contributed by atoms with Gasteiger partial charge in [-0.3, -0.25) is 9.52 Å². The van der Waals surface area contributed by atoms with Crippen molar-refractivity contribution in [2.24, 2.45) is 5.41 Å². The van der Waals surface area contributed by atoms with Gasteiger partial charge in [0, 0.05) is 28.5 Å². The normalized spacial score (nSPS) is 12.1. The standard InChI is InChI=1S/C19H20FN3O3S/c1-19(2,12-20)18(24)22-14-3-5-15(6-4-14)23-27(25,26)16-7-8-17-13(11-16)9-10-21-17/h3-11,21,23H,12H2,1-2H3,(H,22,24). The van der Waals surface area contributed by atoms with Crippen LogP contribution in [0.4, 0.5) is 15.8 Å². The highest BCUT2D eigenvalue weighted by atomic mass is 32.2. The molecule has 142 valence electrons. The maximum atomic E-state index is 12.9. The van der Waals surface area contributed by atoms with Crippen LogP contribution in [-0.4, -0.2) is 26.0 Å². The van der Waals surface area contributed by atoms with Crippen molar-refractivity contribution < 1.29 is 17.6 Å². The molecule has 0 aliphatic heterocycles. The average Bonchev–Trinajstić information content (AvgIpc) is 3.11. The molecule has 3 N–H and O–H groups in total. The van der Waals surface area contributed by atoms with E-state index in [0.717, 1.165) is 10.9 Å². The number of hydrogen-bond acceptors (Lipinski definition) is 3. The molecule has 8 heteroatoms. The Morgan fingerprint density at radius 2 is 1.74 bits per heavy atom. The van der Waals surface area contributed by atoms with E-state index in [1.807, 2.05) is 0 Å². The van der Waals surface area contributed by atoms with E-state index in [1.165, 1.54) is 32.0 Å². The van der Waals surface area contributed by atoms with E-state index in [1.54, 1.807) is 36.5 Å². The van der Waals surface area contributed by atoms with Gasteiger partial charge in [-0.2, -0.15) is 0 Å². The molecule has 0 atom stereocenters. The third-order valence-corrected chi connectivity index (χ3v) is 5.56. The highest BCUT2D eigenvalue weighted by Crippen LogP contribution is 2.23. The van der Waals surface area contributed by atoms with Gasteiger partial charge in [-0.25, -0.2) is 12.8 Å². The fourth-order valence-corrected chi connectivity index (χ4v) is 3.49. The third-order valence-electron chi connectivity index (χ3n) is 4.18. The molecule has 0 spiro atoms. The minimum absolute atomic E-state index is 0.150. The molecule has 0 aliphatic carbocycles. The molecular weight excluding hydrogens is 369 g/mol. The Morgan fingerprint density at radius 1 is 1.07 bits per heavy atom. The number of nitrogens with one attached hydrogen (secondary N) is 3. The lowest BCUT2D eigenvalue weighted by molar-refractivity contribution is -0.124. The smallest absolute Gasteiger partial charge is 0.261 e. The molecule has 0 unspecified atom stereocenters.